The molecule has 0 saturated heterocycles. The van der Waals surface area contributed by atoms with E-state index >= 15 is 0 Å². The molecule has 0 atom stereocenters. The zero-order chi connectivity index (χ0) is 11.9. The molecule has 0 aromatic heterocycles. The van der Waals surface area contributed by atoms with Crippen molar-refractivity contribution in [2.24, 2.45) is 10.9 Å². The van der Waals surface area contributed by atoms with Gasteiger partial charge in [0.05, 0.1) is 6.42 Å². The summed E-state index contributed by atoms with van der Waals surface area (Å²) < 4.78 is 35.5. The van der Waals surface area contributed by atoms with Crippen LogP contribution in [0.1, 0.15) is 20.3 Å². The first-order chi connectivity index (χ1) is 6.85. The average Bonchev–Trinajstić information content (AvgIpc) is 2.08. The molecule has 0 aliphatic carbocycles. The number of hydrogen-bond acceptors (Lipinski definition) is 1. The van der Waals surface area contributed by atoms with Crippen LogP contribution in [0.4, 0.5) is 13.2 Å². The minimum absolute atomic E-state index is 0. The van der Waals surface area contributed by atoms with Crippen molar-refractivity contribution in [2.45, 2.75) is 26.4 Å². The molecular weight excluding hydrogens is 334 g/mol. The van der Waals surface area contributed by atoms with Gasteiger partial charge in [0.2, 0.25) is 0 Å². The van der Waals surface area contributed by atoms with Crippen LogP contribution in [0.3, 0.4) is 0 Å². The van der Waals surface area contributed by atoms with Crippen molar-refractivity contribution in [2.75, 3.05) is 20.1 Å². The lowest BCUT2D eigenvalue weighted by Gasteiger charge is -2.14. The third-order valence-corrected chi connectivity index (χ3v) is 1.60. The van der Waals surface area contributed by atoms with Crippen LogP contribution in [0.2, 0.25) is 0 Å². The Kier molecular flexibility index (Phi) is 10.1. The summed E-state index contributed by atoms with van der Waals surface area (Å²) in [5, 5.41) is 5.53. The number of halogens is 4. The van der Waals surface area contributed by atoms with E-state index in [-0.39, 0.29) is 30.5 Å². The first-order valence-electron chi connectivity index (χ1n) is 4.86. The molecule has 0 fully saturated rings. The predicted octanol–water partition coefficient (Wildman–Crippen LogP) is 2.38. The van der Waals surface area contributed by atoms with E-state index in [4.69, 9.17) is 0 Å². The molecule has 7 heteroatoms. The van der Waals surface area contributed by atoms with Crippen LogP contribution in [0.5, 0.6) is 0 Å². The van der Waals surface area contributed by atoms with Crippen LogP contribution < -0.4 is 10.6 Å². The molecule has 16 heavy (non-hydrogen) atoms. The molecule has 98 valence electrons. The van der Waals surface area contributed by atoms with Gasteiger partial charge in [-0.25, -0.2) is 0 Å². The van der Waals surface area contributed by atoms with E-state index in [1.807, 2.05) is 13.8 Å². The lowest BCUT2D eigenvalue weighted by atomic mass is 10.2. The Bertz CT molecular complexity index is 205. The standard InChI is InChI=1S/C9H18F3N3.HI/c1-7(2)6-15-8(13-3)14-5-4-9(10,11)12;/h7H,4-6H2,1-3H3,(H2,13,14,15);1H. The maximum atomic E-state index is 11.8. The van der Waals surface area contributed by atoms with E-state index in [1.165, 1.54) is 7.05 Å². The highest BCUT2D eigenvalue weighted by molar-refractivity contribution is 14.0. The summed E-state index contributed by atoms with van der Waals surface area (Å²) in [5.41, 5.74) is 0. The van der Waals surface area contributed by atoms with Crippen LogP contribution in [-0.4, -0.2) is 32.3 Å². The number of guanidine groups is 1. The topological polar surface area (TPSA) is 36.4 Å². The number of alkyl halides is 3. The minimum atomic E-state index is -4.12. The molecule has 3 nitrogen and oxygen atoms in total. The summed E-state index contributed by atoms with van der Waals surface area (Å²) in [5.74, 6) is 0.833. The SMILES string of the molecule is CN=C(NCCC(F)(F)F)NCC(C)C.I. The van der Waals surface area contributed by atoms with Gasteiger partial charge in [0.25, 0.3) is 0 Å². The summed E-state index contributed by atoms with van der Waals surface area (Å²) in [6.07, 6.45) is -4.97. The minimum Gasteiger partial charge on any atom is -0.356 e. The largest absolute Gasteiger partial charge is 0.390 e. The molecule has 2 N–H and O–H groups in total. The molecule has 0 radical (unpaired) electrons. The van der Waals surface area contributed by atoms with Gasteiger partial charge in [-0.1, -0.05) is 13.8 Å². The van der Waals surface area contributed by atoms with Crippen LogP contribution in [-0.2, 0) is 0 Å². The van der Waals surface area contributed by atoms with Gasteiger partial charge in [-0.15, -0.1) is 24.0 Å². The first-order valence-corrected chi connectivity index (χ1v) is 4.86. The second-order valence-corrected chi connectivity index (χ2v) is 3.64. The Hall–Kier alpha value is -0.210. The fourth-order valence-corrected chi connectivity index (χ4v) is 0.844. The van der Waals surface area contributed by atoms with Crippen molar-refractivity contribution in [1.82, 2.24) is 10.6 Å². The zero-order valence-electron chi connectivity index (χ0n) is 9.69. The van der Waals surface area contributed by atoms with Crippen molar-refractivity contribution in [3.63, 3.8) is 0 Å². The number of aliphatic imine (C=N–C) groups is 1. The Balaban J connectivity index is 0. The summed E-state index contributed by atoms with van der Waals surface area (Å²) in [4.78, 5) is 3.81. The number of hydrogen-bond donors (Lipinski definition) is 2. The predicted molar refractivity (Wildman–Crippen MR) is 70.3 cm³/mol. The lowest BCUT2D eigenvalue weighted by Crippen LogP contribution is -2.40. The molecule has 0 aromatic carbocycles. The molecule has 0 aromatic rings. The van der Waals surface area contributed by atoms with E-state index in [1.54, 1.807) is 0 Å². The van der Waals surface area contributed by atoms with Crippen molar-refractivity contribution in [3.8, 4) is 0 Å². The van der Waals surface area contributed by atoms with Gasteiger partial charge in [-0.3, -0.25) is 4.99 Å². The highest BCUT2D eigenvalue weighted by Crippen LogP contribution is 2.17. The van der Waals surface area contributed by atoms with E-state index in [2.05, 4.69) is 15.6 Å². The third kappa shape index (κ3) is 11.9. The summed E-state index contributed by atoms with van der Waals surface area (Å²) in [7, 11) is 1.53. The number of rotatable bonds is 4. The van der Waals surface area contributed by atoms with Gasteiger partial charge in [-0.2, -0.15) is 13.2 Å². The highest BCUT2D eigenvalue weighted by Gasteiger charge is 2.26. The fraction of sp³-hybridized carbons (Fsp3) is 0.889. The third-order valence-electron chi connectivity index (χ3n) is 1.60. The van der Waals surface area contributed by atoms with Gasteiger partial charge in [-0.05, 0) is 5.92 Å². The van der Waals surface area contributed by atoms with Gasteiger partial charge in [0, 0.05) is 20.1 Å². The Morgan fingerprint density at radius 2 is 1.81 bits per heavy atom. The first kappa shape index (κ1) is 18.2. The fourth-order valence-electron chi connectivity index (χ4n) is 0.844. The van der Waals surface area contributed by atoms with Crippen LogP contribution in [0, 0.1) is 5.92 Å². The summed E-state index contributed by atoms with van der Waals surface area (Å²) in [6, 6.07) is 0. The van der Waals surface area contributed by atoms with Crippen LogP contribution >= 0.6 is 24.0 Å². The van der Waals surface area contributed by atoms with Crippen molar-refractivity contribution >= 4 is 29.9 Å². The van der Waals surface area contributed by atoms with Gasteiger partial charge < -0.3 is 10.6 Å². The average molecular weight is 353 g/mol. The van der Waals surface area contributed by atoms with E-state index in [9.17, 15) is 13.2 Å². The second kappa shape index (κ2) is 8.89. The van der Waals surface area contributed by atoms with E-state index in [0.717, 1.165) is 0 Å². The molecule has 0 unspecified atom stereocenters. The maximum Gasteiger partial charge on any atom is 0.390 e. The highest BCUT2D eigenvalue weighted by atomic mass is 127. The summed E-state index contributed by atoms with van der Waals surface area (Å²) in [6.45, 7) is 4.55. The molecule has 0 amide bonds. The van der Waals surface area contributed by atoms with Gasteiger partial charge in [0.15, 0.2) is 5.96 Å². The van der Waals surface area contributed by atoms with Crippen LogP contribution in [0.25, 0.3) is 0 Å². The molecule has 0 rings (SSSR count). The van der Waals surface area contributed by atoms with Crippen LogP contribution in [0.15, 0.2) is 4.99 Å². The zero-order valence-corrected chi connectivity index (χ0v) is 12.0. The molecule has 0 bridgehead atoms. The molecule has 0 spiro atoms. The van der Waals surface area contributed by atoms with E-state index in [0.29, 0.717) is 18.4 Å². The van der Waals surface area contributed by atoms with Crippen molar-refractivity contribution < 1.29 is 13.2 Å². The van der Waals surface area contributed by atoms with Gasteiger partial charge in [0.1, 0.15) is 0 Å². The van der Waals surface area contributed by atoms with E-state index < -0.39 is 12.6 Å². The molecule has 0 aliphatic heterocycles. The molecular formula is C9H19F3IN3. The summed E-state index contributed by atoms with van der Waals surface area (Å²) >= 11 is 0. The Labute approximate surface area is 111 Å². The van der Waals surface area contributed by atoms with Gasteiger partial charge >= 0.3 is 6.18 Å². The number of nitrogens with zero attached hydrogens (tertiary/aromatic N) is 1. The molecule has 0 heterocycles. The second-order valence-electron chi connectivity index (χ2n) is 3.64. The maximum absolute atomic E-state index is 11.8. The van der Waals surface area contributed by atoms with Crippen molar-refractivity contribution in [3.05, 3.63) is 0 Å². The molecule has 0 saturated carbocycles. The Morgan fingerprint density at radius 1 is 1.25 bits per heavy atom. The molecule has 0 aliphatic rings. The van der Waals surface area contributed by atoms with Crippen molar-refractivity contribution in [1.29, 1.82) is 0 Å². The normalized spacial score (nSPS) is 12.3. The Morgan fingerprint density at radius 3 is 2.19 bits per heavy atom. The quantitative estimate of drug-likeness (QED) is 0.463. The smallest absolute Gasteiger partial charge is 0.356 e. The lowest BCUT2D eigenvalue weighted by molar-refractivity contribution is -0.132. The monoisotopic (exact) mass is 353 g/mol. The number of nitrogens with one attached hydrogen (secondary N) is 2.